The van der Waals surface area contributed by atoms with Crippen LogP contribution in [0.3, 0.4) is 0 Å². The van der Waals surface area contributed by atoms with Gasteiger partial charge in [0.2, 0.25) is 76.8 Å². The van der Waals surface area contributed by atoms with Gasteiger partial charge in [-0.15, -0.1) is 0 Å². The molecule has 34 nitrogen and oxygen atoms in total. The number of unbranched alkanes of at least 4 members (excludes halogenated alkanes) is 1. The molecular weight excluding hydrogens is 1280 g/mol. The number of guanidine groups is 2. The third-order valence-corrected chi connectivity index (χ3v) is 15.6. The summed E-state index contributed by atoms with van der Waals surface area (Å²) < 4.78 is 0. The number of nitrogens with zero attached hydrogens (tertiary/aromatic N) is 2. The van der Waals surface area contributed by atoms with Crippen molar-refractivity contribution in [3.05, 3.63) is 35.9 Å². The molecule has 1 rings (SSSR count). The first-order valence-electron chi connectivity index (χ1n) is 32.5. The van der Waals surface area contributed by atoms with Crippen molar-refractivity contribution in [3.8, 4) is 0 Å². The number of benzene rings is 1. The molecule has 0 radical (unpaired) electrons. The lowest BCUT2D eigenvalue weighted by atomic mass is 9.97. The minimum absolute atomic E-state index is 0.0427. The number of aliphatic imine (C=N–C) groups is 2. The molecule has 0 aliphatic heterocycles. The summed E-state index contributed by atoms with van der Waals surface area (Å²) in [5.74, 6) is -13.0. The van der Waals surface area contributed by atoms with Crippen molar-refractivity contribution in [2.24, 2.45) is 68.1 Å². The Hall–Kier alpha value is -8.86. The third kappa shape index (κ3) is 33.6. The van der Waals surface area contributed by atoms with Crippen LogP contribution in [0, 0.1) is 23.7 Å². The average molecular weight is 1390 g/mol. The highest BCUT2D eigenvalue weighted by Gasteiger charge is 2.37. The Labute approximate surface area is 572 Å². The molecule has 25 N–H and O–H groups in total. The summed E-state index contributed by atoms with van der Waals surface area (Å²) in [6.07, 6.45) is 1.96. The van der Waals surface area contributed by atoms with Gasteiger partial charge in [-0.2, -0.15) is 12.6 Å². The maximum absolute atomic E-state index is 14.3. The zero-order chi connectivity index (χ0) is 73.6. The van der Waals surface area contributed by atoms with E-state index in [0.29, 0.717) is 31.2 Å². The molecular formula is C62H108N20O14S. The molecule has 0 aromatic heterocycles. The van der Waals surface area contributed by atoms with Crippen molar-refractivity contribution in [2.75, 3.05) is 38.5 Å². The molecule has 0 saturated heterocycles. The molecule has 1 aromatic rings. The first kappa shape index (κ1) is 86.2. The number of hydrogen-bond donors (Lipinski definition) is 20. The molecule has 0 spiro atoms. The van der Waals surface area contributed by atoms with E-state index in [1.807, 2.05) is 13.8 Å². The number of aliphatic hydroxyl groups excluding tert-OH is 1. The minimum atomic E-state index is -1.66. The number of primary amides is 1. The Balaban J connectivity index is 3.29. The van der Waals surface area contributed by atoms with Crippen LogP contribution < -0.4 is 98.2 Å². The van der Waals surface area contributed by atoms with E-state index in [-0.39, 0.29) is 81.7 Å². The van der Waals surface area contributed by atoms with Crippen molar-refractivity contribution < 1.29 is 67.4 Å². The van der Waals surface area contributed by atoms with Gasteiger partial charge in [0.05, 0.1) is 13.2 Å². The van der Waals surface area contributed by atoms with Crippen LogP contribution in [0.25, 0.3) is 0 Å². The number of nitrogens with one attached hydrogen (secondary N) is 12. The fourth-order valence-electron chi connectivity index (χ4n) is 9.52. The van der Waals surface area contributed by atoms with Gasteiger partial charge >= 0.3 is 0 Å². The summed E-state index contributed by atoms with van der Waals surface area (Å²) in [4.78, 5) is 184. The lowest BCUT2D eigenvalue weighted by Gasteiger charge is -2.30. The number of amides is 13. The number of nitrogens with two attached hydrogens (primary N) is 6. The van der Waals surface area contributed by atoms with Crippen LogP contribution in [0.5, 0.6) is 0 Å². The second-order valence-electron chi connectivity index (χ2n) is 24.7. The van der Waals surface area contributed by atoms with Crippen molar-refractivity contribution in [3.63, 3.8) is 0 Å². The lowest BCUT2D eigenvalue weighted by molar-refractivity contribution is -0.136. The number of thiol groups is 1. The molecule has 0 aliphatic carbocycles. The summed E-state index contributed by atoms with van der Waals surface area (Å²) >= 11 is 4.25. The van der Waals surface area contributed by atoms with Gasteiger partial charge in [0.1, 0.15) is 66.5 Å². The Kier molecular flexibility index (Phi) is 40.5. The molecule has 12 atom stereocenters. The zero-order valence-corrected chi connectivity index (χ0v) is 58.3. The van der Waals surface area contributed by atoms with E-state index >= 15 is 0 Å². The monoisotopic (exact) mass is 1390 g/mol. The molecule has 546 valence electrons. The van der Waals surface area contributed by atoms with Crippen LogP contribution >= 0.6 is 12.6 Å². The fourth-order valence-corrected chi connectivity index (χ4v) is 9.78. The number of rotatable bonds is 46. The van der Waals surface area contributed by atoms with Gasteiger partial charge in [-0.05, 0) is 94.1 Å². The molecule has 0 aliphatic rings. The highest BCUT2D eigenvalue weighted by atomic mass is 32.1. The molecule has 97 heavy (non-hydrogen) atoms. The maximum atomic E-state index is 14.3. The number of carbonyl (C=O) groups is 13. The first-order chi connectivity index (χ1) is 45.6. The highest BCUT2D eigenvalue weighted by molar-refractivity contribution is 7.80. The molecule has 0 heterocycles. The molecule has 0 bridgehead atoms. The predicted octanol–water partition coefficient (Wildman–Crippen LogP) is -5.23. The van der Waals surface area contributed by atoms with Crippen molar-refractivity contribution >= 4 is 101 Å². The quantitative estimate of drug-likeness (QED) is 0.0126. The topological polar surface area (TPSA) is 567 Å². The molecule has 0 saturated carbocycles. The number of carbonyl (C=O) groups excluding carboxylic acids is 13. The summed E-state index contributed by atoms with van der Waals surface area (Å²) in [5, 5.41) is 41.2. The van der Waals surface area contributed by atoms with Gasteiger partial charge in [0.25, 0.3) is 0 Å². The van der Waals surface area contributed by atoms with E-state index in [9.17, 15) is 67.4 Å². The van der Waals surface area contributed by atoms with Crippen LogP contribution in [0.4, 0.5) is 0 Å². The van der Waals surface area contributed by atoms with E-state index in [4.69, 9.17) is 34.4 Å². The van der Waals surface area contributed by atoms with E-state index in [0.717, 1.165) is 0 Å². The molecule has 35 heteroatoms. The summed E-state index contributed by atoms with van der Waals surface area (Å²) in [7, 11) is 0. The van der Waals surface area contributed by atoms with Crippen molar-refractivity contribution in [1.82, 2.24) is 63.8 Å². The first-order valence-corrected chi connectivity index (χ1v) is 33.2. The van der Waals surface area contributed by atoms with Crippen molar-refractivity contribution in [2.45, 2.75) is 200 Å². The largest absolute Gasteiger partial charge is 0.394 e. The second-order valence-corrected chi connectivity index (χ2v) is 25.1. The summed E-state index contributed by atoms with van der Waals surface area (Å²) in [6.45, 7) is 15.1. The number of hydrogen-bond acceptors (Lipinski definition) is 18. The van der Waals surface area contributed by atoms with Crippen LogP contribution in [-0.4, -0.2) is 199 Å². The maximum Gasteiger partial charge on any atom is 0.245 e. The summed E-state index contributed by atoms with van der Waals surface area (Å²) in [5.41, 5.74) is 33.3. The smallest absolute Gasteiger partial charge is 0.245 e. The van der Waals surface area contributed by atoms with E-state index < -0.39 is 174 Å². The van der Waals surface area contributed by atoms with Crippen LogP contribution in [0.15, 0.2) is 40.3 Å². The molecule has 0 fully saturated rings. The number of aliphatic hydroxyl groups is 1. The molecule has 0 unspecified atom stereocenters. The van der Waals surface area contributed by atoms with Gasteiger partial charge in [-0.1, -0.05) is 92.1 Å². The molecule has 1 aromatic carbocycles. The van der Waals surface area contributed by atoms with Gasteiger partial charge in [0, 0.05) is 32.2 Å². The van der Waals surface area contributed by atoms with E-state index in [1.54, 1.807) is 71.9 Å². The SMILES string of the molecule is CC[C@H](C)[C@H](NC(=O)[C@H](CS)NC(=O)CNC(=O)[C@H](Cc1ccccc1)NC(=O)[C@@H](NC(=O)[C@@H](NC(=O)[C@H](CC(C)C)NC(=O)[C@H](C)NC(=O)[C@H](CCCN=C(N)N)NC(C)=O)C(C)C)C(C)C)C(=O)N[C@@H](CO)C(=O)N[C@@H](CCCCN)C(=O)N[C@@H](CCCN=C(N)N)C(N)=O. The van der Waals surface area contributed by atoms with Gasteiger partial charge in [0.15, 0.2) is 11.9 Å². The predicted molar refractivity (Wildman–Crippen MR) is 367 cm³/mol. The second kappa shape index (κ2) is 45.6. The molecule has 13 amide bonds. The Bertz CT molecular complexity index is 2820. The summed E-state index contributed by atoms with van der Waals surface area (Å²) in [6, 6.07) is -5.71. The Morgan fingerprint density at radius 3 is 1.43 bits per heavy atom. The van der Waals surface area contributed by atoms with Crippen LogP contribution in [-0.2, 0) is 68.7 Å². The fraction of sp³-hybridized carbons (Fsp3) is 0.661. The average Bonchev–Trinajstić information content (AvgIpc) is 0.875. The Morgan fingerprint density at radius 1 is 0.485 bits per heavy atom. The lowest BCUT2D eigenvalue weighted by Crippen LogP contribution is -2.61. The minimum Gasteiger partial charge on any atom is -0.394 e. The van der Waals surface area contributed by atoms with Gasteiger partial charge in [-0.25, -0.2) is 0 Å². The van der Waals surface area contributed by atoms with E-state index in [2.05, 4.69) is 86.4 Å². The normalized spacial score (nSPS) is 14.8. The van der Waals surface area contributed by atoms with Gasteiger partial charge < -0.3 is 103 Å². The third-order valence-electron chi connectivity index (χ3n) is 15.2. The van der Waals surface area contributed by atoms with E-state index in [1.165, 1.54) is 13.8 Å². The zero-order valence-electron chi connectivity index (χ0n) is 57.4. The standard InChI is InChI=1S/C62H108N20O14S/c1-11-35(8)49(60(96)79-44(30-83)56(92)76-41(21-15-16-24-63)54(90)75-39(50(64)86)22-17-25-69-61(65)66)82-57(93)45(31-97)74-46(85)29-71-52(88)43(28-38-19-13-12-14-20-38)78-58(94)47(33(4)5)81-59(95)48(34(6)7)80-55(91)42(27-32(2)3)77-51(87)36(9)72-53(89)40(73-37(10)84)23-18-26-70-62(67)68/h12-14,19-20,32-36,39-45,47-49,83,97H,11,15-18,21-31,63H2,1-10H3,(H2,64,86)(H,71,88)(H,72,89)(H,73,84)(H,74,85)(H,75,90)(H,76,92)(H,77,87)(H,78,94)(H,79,96)(H,80,91)(H,81,95)(H,82,93)(H4,65,66,69)(H4,67,68,70)/t35-,36-,39-,40-,41-,42-,43-,44-,45-,47-,48-,49-/m0/s1. The highest BCUT2D eigenvalue weighted by Crippen LogP contribution is 2.14. The van der Waals surface area contributed by atoms with Gasteiger partial charge in [-0.3, -0.25) is 72.3 Å². The van der Waals surface area contributed by atoms with Crippen LogP contribution in [0.2, 0.25) is 0 Å². The van der Waals surface area contributed by atoms with Crippen molar-refractivity contribution in [1.29, 1.82) is 0 Å². The van der Waals surface area contributed by atoms with Crippen LogP contribution in [0.1, 0.15) is 133 Å². The Morgan fingerprint density at radius 2 is 0.928 bits per heavy atom.